The Hall–Kier alpha value is -2.42. The van der Waals surface area contributed by atoms with Gasteiger partial charge in [-0.1, -0.05) is 6.92 Å². The molecule has 7 nitrogen and oxygen atoms in total. The summed E-state index contributed by atoms with van der Waals surface area (Å²) in [5.41, 5.74) is -1.55. The lowest BCUT2D eigenvalue weighted by atomic mass is 10.1. The second-order valence-corrected chi connectivity index (χ2v) is 4.19. The fourth-order valence-electron chi connectivity index (χ4n) is 1.68. The molecule has 9 heteroatoms. The third-order valence-electron chi connectivity index (χ3n) is 2.65. The molecule has 1 aromatic heterocycles. The highest BCUT2D eigenvalue weighted by Crippen LogP contribution is 2.30. The van der Waals surface area contributed by atoms with Crippen LogP contribution in [0.25, 0.3) is 11.5 Å². The Labute approximate surface area is 118 Å². The molecule has 0 spiro atoms. The molecule has 0 bridgehead atoms. The molecule has 2 aromatic rings. The Bertz CT molecular complexity index is 660. The normalized spacial score (nSPS) is 10.8. The zero-order valence-corrected chi connectivity index (χ0v) is 11.1. The lowest BCUT2D eigenvalue weighted by Gasteiger charge is -2.01. The number of halogens is 2. The smallest absolute Gasteiger partial charge is 0.305 e. The molecule has 112 valence electrons. The van der Waals surface area contributed by atoms with Gasteiger partial charge in [-0.25, -0.2) is 4.39 Å². The van der Waals surface area contributed by atoms with Gasteiger partial charge in [-0.2, -0.15) is 4.39 Å². The van der Waals surface area contributed by atoms with E-state index >= 15 is 0 Å². The summed E-state index contributed by atoms with van der Waals surface area (Å²) in [6, 6.07) is 1.53. The van der Waals surface area contributed by atoms with E-state index in [-0.39, 0.29) is 12.4 Å². The van der Waals surface area contributed by atoms with E-state index in [2.05, 4.69) is 15.5 Å². The first-order chi connectivity index (χ1) is 10.0. The number of nitrogens with zero attached hydrogens (tertiary/aromatic N) is 3. The minimum absolute atomic E-state index is 0.142. The van der Waals surface area contributed by atoms with Crippen LogP contribution < -0.4 is 5.32 Å². The summed E-state index contributed by atoms with van der Waals surface area (Å²) in [7, 11) is 0. The van der Waals surface area contributed by atoms with Gasteiger partial charge in [0.25, 0.3) is 5.89 Å². The monoisotopic (exact) mass is 298 g/mol. The van der Waals surface area contributed by atoms with Crippen molar-refractivity contribution in [1.29, 1.82) is 0 Å². The Morgan fingerprint density at radius 1 is 1.38 bits per heavy atom. The van der Waals surface area contributed by atoms with Crippen molar-refractivity contribution in [3.63, 3.8) is 0 Å². The van der Waals surface area contributed by atoms with Crippen LogP contribution in [0, 0.1) is 21.7 Å². The highest BCUT2D eigenvalue weighted by molar-refractivity contribution is 5.59. The Balaban J connectivity index is 2.33. The summed E-state index contributed by atoms with van der Waals surface area (Å²) in [5.74, 6) is -2.63. The summed E-state index contributed by atoms with van der Waals surface area (Å²) in [5, 5.41) is 20.8. The van der Waals surface area contributed by atoms with Crippen LogP contribution in [0.1, 0.15) is 19.2 Å². The first-order valence-electron chi connectivity index (χ1n) is 6.20. The highest BCUT2D eigenvalue weighted by Gasteiger charge is 2.26. The lowest BCUT2D eigenvalue weighted by Crippen LogP contribution is -2.13. The molecule has 1 N–H and O–H groups in total. The number of benzene rings is 1. The van der Waals surface area contributed by atoms with E-state index in [0.717, 1.165) is 25.1 Å². The molecule has 0 aliphatic heterocycles. The van der Waals surface area contributed by atoms with Crippen LogP contribution in [0.5, 0.6) is 0 Å². The zero-order valence-electron chi connectivity index (χ0n) is 11.1. The van der Waals surface area contributed by atoms with E-state index in [9.17, 15) is 18.9 Å². The van der Waals surface area contributed by atoms with Crippen LogP contribution in [0.15, 0.2) is 16.5 Å². The van der Waals surface area contributed by atoms with E-state index in [1.165, 1.54) is 0 Å². The molecule has 21 heavy (non-hydrogen) atoms. The quantitative estimate of drug-likeness (QED) is 0.500. The van der Waals surface area contributed by atoms with Crippen LogP contribution in [-0.2, 0) is 6.54 Å². The van der Waals surface area contributed by atoms with E-state index in [4.69, 9.17) is 4.42 Å². The van der Waals surface area contributed by atoms with Crippen LogP contribution in [0.3, 0.4) is 0 Å². The van der Waals surface area contributed by atoms with Gasteiger partial charge in [0, 0.05) is 6.07 Å². The van der Waals surface area contributed by atoms with E-state index in [0.29, 0.717) is 0 Å². The maximum atomic E-state index is 14.0. The maximum Gasteiger partial charge on any atom is 0.305 e. The van der Waals surface area contributed by atoms with Crippen molar-refractivity contribution in [3.8, 4) is 11.5 Å². The van der Waals surface area contributed by atoms with Crippen molar-refractivity contribution in [2.75, 3.05) is 6.54 Å². The van der Waals surface area contributed by atoms with Crippen LogP contribution in [0.2, 0.25) is 0 Å². The Morgan fingerprint density at radius 3 is 2.81 bits per heavy atom. The van der Waals surface area contributed by atoms with Crippen molar-refractivity contribution < 1.29 is 18.1 Å². The number of hydrogen-bond donors (Lipinski definition) is 1. The molecule has 1 heterocycles. The minimum atomic E-state index is -1.34. The topological polar surface area (TPSA) is 94.1 Å². The number of rotatable bonds is 6. The second-order valence-electron chi connectivity index (χ2n) is 4.19. The van der Waals surface area contributed by atoms with Crippen LogP contribution in [-0.4, -0.2) is 21.7 Å². The number of aromatic nitrogens is 2. The van der Waals surface area contributed by atoms with Gasteiger partial charge in [0.1, 0.15) is 11.4 Å². The summed E-state index contributed by atoms with van der Waals surface area (Å²) in [4.78, 5) is 9.72. The summed E-state index contributed by atoms with van der Waals surface area (Å²) in [6.45, 7) is 2.94. The van der Waals surface area contributed by atoms with Gasteiger partial charge in [0.15, 0.2) is 0 Å². The van der Waals surface area contributed by atoms with Gasteiger partial charge in [0.2, 0.25) is 11.7 Å². The highest BCUT2D eigenvalue weighted by atomic mass is 19.1. The molecule has 2 rings (SSSR count). The first-order valence-corrected chi connectivity index (χ1v) is 6.20. The predicted molar refractivity (Wildman–Crippen MR) is 68.3 cm³/mol. The zero-order chi connectivity index (χ0) is 15.4. The molecule has 0 aliphatic rings. The fourth-order valence-corrected chi connectivity index (χ4v) is 1.68. The predicted octanol–water partition coefficient (Wildman–Crippen LogP) is 2.42. The number of nitrogens with one attached hydrogen (secondary N) is 1. The van der Waals surface area contributed by atoms with Crippen LogP contribution in [0.4, 0.5) is 14.5 Å². The Morgan fingerprint density at radius 2 is 2.14 bits per heavy atom. The summed E-state index contributed by atoms with van der Waals surface area (Å²) in [6.07, 6.45) is 0.898. The first kappa shape index (κ1) is 15.0. The number of nitro benzene ring substituents is 1. The second kappa shape index (κ2) is 6.35. The SMILES string of the molecule is CCCNCc1nnc(-c2c(F)ccc([N+](=O)[O-])c2F)o1. The molecule has 0 radical (unpaired) electrons. The maximum absolute atomic E-state index is 14.0. The van der Waals surface area contributed by atoms with Crippen molar-refractivity contribution in [1.82, 2.24) is 15.5 Å². The molecule has 1 aromatic carbocycles. The number of hydrogen-bond acceptors (Lipinski definition) is 6. The van der Waals surface area contributed by atoms with Gasteiger partial charge >= 0.3 is 5.69 Å². The molecule has 0 saturated carbocycles. The lowest BCUT2D eigenvalue weighted by molar-refractivity contribution is -0.387. The largest absolute Gasteiger partial charge is 0.419 e. The molecule has 0 amide bonds. The van der Waals surface area contributed by atoms with E-state index in [1.807, 2.05) is 6.92 Å². The average Bonchev–Trinajstić information content (AvgIpc) is 2.87. The standard InChI is InChI=1S/C12H12F2N4O3/c1-2-5-15-6-9-16-17-12(21-9)10-7(13)3-4-8(11(10)14)18(19)20/h3-4,15H,2,5-6H2,1H3. The van der Waals surface area contributed by atoms with E-state index in [1.54, 1.807) is 0 Å². The molecular weight excluding hydrogens is 286 g/mol. The van der Waals surface area contributed by atoms with Crippen LogP contribution >= 0.6 is 0 Å². The molecule has 0 atom stereocenters. The van der Waals surface area contributed by atoms with Gasteiger partial charge in [-0.05, 0) is 19.0 Å². The molecule has 0 fully saturated rings. The molecular formula is C12H12F2N4O3. The average molecular weight is 298 g/mol. The molecule has 0 saturated heterocycles. The molecule has 0 unspecified atom stereocenters. The third kappa shape index (κ3) is 3.19. The van der Waals surface area contributed by atoms with Crippen molar-refractivity contribution >= 4 is 5.69 Å². The minimum Gasteiger partial charge on any atom is -0.419 e. The fraction of sp³-hybridized carbons (Fsp3) is 0.333. The Kier molecular flexibility index (Phi) is 4.53. The number of nitro groups is 1. The summed E-state index contributed by atoms with van der Waals surface area (Å²) < 4.78 is 32.8. The van der Waals surface area contributed by atoms with Gasteiger partial charge in [-0.3, -0.25) is 10.1 Å². The summed E-state index contributed by atoms with van der Waals surface area (Å²) >= 11 is 0. The van der Waals surface area contributed by atoms with E-state index < -0.39 is 33.7 Å². The van der Waals surface area contributed by atoms with Gasteiger partial charge in [-0.15, -0.1) is 10.2 Å². The van der Waals surface area contributed by atoms with Gasteiger partial charge < -0.3 is 9.73 Å². The molecule has 0 aliphatic carbocycles. The van der Waals surface area contributed by atoms with Crippen molar-refractivity contribution in [2.45, 2.75) is 19.9 Å². The third-order valence-corrected chi connectivity index (χ3v) is 2.65. The van der Waals surface area contributed by atoms with Crippen molar-refractivity contribution in [3.05, 3.63) is 39.8 Å². The van der Waals surface area contributed by atoms with Gasteiger partial charge in [0.05, 0.1) is 11.5 Å². The van der Waals surface area contributed by atoms with Crippen molar-refractivity contribution in [2.24, 2.45) is 0 Å².